The van der Waals surface area contributed by atoms with Crippen LogP contribution in [0.4, 0.5) is 0 Å². The number of rotatable bonds is 5. The molecule has 2 aromatic rings. The van der Waals surface area contributed by atoms with Gasteiger partial charge >= 0.3 is 0 Å². The molecule has 124 valence electrons. The molecule has 23 heavy (non-hydrogen) atoms. The fourth-order valence-electron chi connectivity index (χ4n) is 2.78. The van der Waals surface area contributed by atoms with E-state index in [-0.39, 0.29) is 11.2 Å². The van der Waals surface area contributed by atoms with Gasteiger partial charge in [0.15, 0.2) is 5.82 Å². The number of hydrogen-bond acceptors (Lipinski definition) is 5. The molecular formula is C16H22N4OS2. The molecule has 0 bridgehead atoms. The number of nitrogens with zero attached hydrogens (tertiary/aromatic N) is 2. The Morgan fingerprint density at radius 2 is 2.17 bits per heavy atom. The van der Waals surface area contributed by atoms with E-state index in [2.05, 4.69) is 20.5 Å². The Morgan fingerprint density at radius 1 is 1.39 bits per heavy atom. The molecule has 1 aliphatic carbocycles. The number of aromatic nitrogens is 3. The number of amides is 1. The highest BCUT2D eigenvalue weighted by molar-refractivity contribution is 8.00. The first-order valence-corrected chi connectivity index (χ1v) is 9.91. The fraction of sp³-hybridized carbons (Fsp3) is 0.562. The van der Waals surface area contributed by atoms with Gasteiger partial charge in [-0.1, -0.05) is 43.5 Å². The minimum absolute atomic E-state index is 0.0874. The van der Waals surface area contributed by atoms with Gasteiger partial charge in [0.1, 0.15) is 0 Å². The molecule has 1 saturated carbocycles. The van der Waals surface area contributed by atoms with Crippen molar-refractivity contribution in [2.24, 2.45) is 0 Å². The molecule has 0 spiro atoms. The molecule has 3 rings (SSSR count). The minimum Gasteiger partial charge on any atom is -0.352 e. The third-order valence-corrected chi connectivity index (χ3v) is 5.91. The van der Waals surface area contributed by atoms with Gasteiger partial charge in [-0.2, -0.15) is 0 Å². The first-order chi connectivity index (χ1) is 11.2. The summed E-state index contributed by atoms with van der Waals surface area (Å²) in [4.78, 5) is 17.9. The lowest BCUT2D eigenvalue weighted by Crippen LogP contribution is -2.39. The van der Waals surface area contributed by atoms with Gasteiger partial charge in [0, 0.05) is 6.04 Å². The van der Waals surface area contributed by atoms with Crippen LogP contribution in [-0.2, 0) is 4.79 Å². The molecule has 0 aliphatic heterocycles. The van der Waals surface area contributed by atoms with Crippen LogP contribution >= 0.6 is 23.1 Å². The molecule has 0 radical (unpaired) electrons. The van der Waals surface area contributed by atoms with Crippen molar-refractivity contribution in [1.82, 2.24) is 20.5 Å². The Hall–Kier alpha value is -1.34. The summed E-state index contributed by atoms with van der Waals surface area (Å²) in [5, 5.41) is 12.8. The highest BCUT2D eigenvalue weighted by Gasteiger charge is 2.21. The van der Waals surface area contributed by atoms with E-state index >= 15 is 0 Å². The average Bonchev–Trinajstić information content (AvgIpc) is 3.16. The molecule has 0 unspecified atom stereocenters. The van der Waals surface area contributed by atoms with E-state index in [9.17, 15) is 4.79 Å². The van der Waals surface area contributed by atoms with E-state index in [0.29, 0.717) is 11.2 Å². The molecule has 1 fully saturated rings. The molecule has 0 saturated heterocycles. The van der Waals surface area contributed by atoms with Gasteiger partial charge in [-0.15, -0.1) is 16.4 Å². The van der Waals surface area contributed by atoms with Gasteiger partial charge in [0.25, 0.3) is 0 Å². The quantitative estimate of drug-likeness (QED) is 0.635. The van der Waals surface area contributed by atoms with Crippen molar-refractivity contribution in [2.75, 3.05) is 0 Å². The third kappa shape index (κ3) is 4.57. The van der Waals surface area contributed by atoms with Gasteiger partial charge in [0.05, 0.1) is 10.1 Å². The van der Waals surface area contributed by atoms with Crippen LogP contribution in [0.1, 0.15) is 45.4 Å². The molecule has 1 aliphatic rings. The van der Waals surface area contributed by atoms with E-state index in [0.717, 1.165) is 23.5 Å². The van der Waals surface area contributed by atoms with Gasteiger partial charge in [-0.3, -0.25) is 9.89 Å². The van der Waals surface area contributed by atoms with Crippen molar-refractivity contribution in [1.29, 1.82) is 0 Å². The molecule has 2 heterocycles. The van der Waals surface area contributed by atoms with E-state index < -0.39 is 0 Å². The van der Waals surface area contributed by atoms with Crippen LogP contribution in [0, 0.1) is 0 Å². The predicted octanol–water partition coefficient (Wildman–Crippen LogP) is 3.85. The minimum atomic E-state index is -0.190. The lowest BCUT2D eigenvalue weighted by atomic mass is 10.1. The Morgan fingerprint density at radius 3 is 2.87 bits per heavy atom. The SMILES string of the molecule is C[C@@H](Sc1n[nH]c(-c2cccs2)n1)C(=O)NC1CCCCCC1. The Balaban J connectivity index is 1.53. The Labute approximate surface area is 144 Å². The maximum absolute atomic E-state index is 12.4. The van der Waals surface area contributed by atoms with E-state index in [1.807, 2.05) is 24.4 Å². The zero-order valence-electron chi connectivity index (χ0n) is 13.2. The summed E-state index contributed by atoms with van der Waals surface area (Å²) in [7, 11) is 0. The lowest BCUT2D eigenvalue weighted by Gasteiger charge is -2.18. The molecule has 1 atom stereocenters. The summed E-state index contributed by atoms with van der Waals surface area (Å²) >= 11 is 3.02. The van der Waals surface area contributed by atoms with Crippen LogP contribution in [0.3, 0.4) is 0 Å². The van der Waals surface area contributed by atoms with Crippen LogP contribution < -0.4 is 5.32 Å². The van der Waals surface area contributed by atoms with Crippen LogP contribution in [0.15, 0.2) is 22.7 Å². The standard InChI is InChI=1S/C16H22N4OS2/c1-11(15(21)17-12-7-4-2-3-5-8-12)23-16-18-14(19-20-16)13-9-6-10-22-13/h6,9-12H,2-5,7-8H2,1H3,(H,17,21)(H,18,19,20)/t11-/m1/s1. The molecule has 2 aromatic heterocycles. The van der Waals surface area contributed by atoms with Gasteiger partial charge in [-0.25, -0.2) is 4.98 Å². The summed E-state index contributed by atoms with van der Waals surface area (Å²) in [5.74, 6) is 0.850. The molecule has 5 nitrogen and oxygen atoms in total. The molecule has 1 amide bonds. The normalized spacial score (nSPS) is 17.6. The maximum atomic E-state index is 12.4. The van der Waals surface area contributed by atoms with Crippen LogP contribution in [0.25, 0.3) is 10.7 Å². The molecular weight excluding hydrogens is 328 g/mol. The number of thiophene rings is 1. The maximum Gasteiger partial charge on any atom is 0.233 e. The third-order valence-electron chi connectivity index (χ3n) is 4.07. The summed E-state index contributed by atoms with van der Waals surface area (Å²) in [6, 6.07) is 4.32. The van der Waals surface area contributed by atoms with Gasteiger partial charge in [0.2, 0.25) is 11.1 Å². The Kier molecular flexibility index (Phi) is 5.72. The topological polar surface area (TPSA) is 70.7 Å². The number of nitrogens with one attached hydrogen (secondary N) is 2. The van der Waals surface area contributed by atoms with Crippen LogP contribution in [0.5, 0.6) is 0 Å². The first-order valence-electron chi connectivity index (χ1n) is 8.15. The number of aromatic amines is 1. The number of thioether (sulfide) groups is 1. The number of carbonyl (C=O) groups is 1. The van der Waals surface area contributed by atoms with E-state index in [4.69, 9.17) is 0 Å². The highest BCUT2D eigenvalue weighted by Crippen LogP contribution is 2.25. The Bertz CT molecular complexity index is 618. The predicted molar refractivity (Wildman–Crippen MR) is 94.6 cm³/mol. The first kappa shape index (κ1) is 16.5. The molecule has 7 heteroatoms. The molecule has 0 aromatic carbocycles. The van der Waals surface area contributed by atoms with Crippen molar-refractivity contribution >= 4 is 29.0 Å². The lowest BCUT2D eigenvalue weighted by molar-refractivity contribution is -0.121. The summed E-state index contributed by atoms with van der Waals surface area (Å²) in [5.41, 5.74) is 0. The van der Waals surface area contributed by atoms with Gasteiger partial charge in [-0.05, 0) is 31.2 Å². The van der Waals surface area contributed by atoms with Crippen molar-refractivity contribution in [3.05, 3.63) is 17.5 Å². The smallest absolute Gasteiger partial charge is 0.233 e. The monoisotopic (exact) mass is 350 g/mol. The van der Waals surface area contributed by atoms with Gasteiger partial charge < -0.3 is 5.32 Å². The van der Waals surface area contributed by atoms with Crippen molar-refractivity contribution < 1.29 is 4.79 Å². The summed E-state index contributed by atoms with van der Waals surface area (Å²) in [6.07, 6.45) is 7.23. The number of hydrogen-bond donors (Lipinski definition) is 2. The molecule has 2 N–H and O–H groups in total. The van der Waals surface area contributed by atoms with Crippen LogP contribution in [-0.4, -0.2) is 32.4 Å². The van der Waals surface area contributed by atoms with Crippen molar-refractivity contribution in [3.8, 4) is 10.7 Å². The largest absolute Gasteiger partial charge is 0.352 e. The number of carbonyl (C=O) groups excluding carboxylic acids is 1. The highest BCUT2D eigenvalue weighted by atomic mass is 32.2. The summed E-state index contributed by atoms with van der Waals surface area (Å²) in [6.45, 7) is 1.91. The van der Waals surface area contributed by atoms with Crippen molar-refractivity contribution in [2.45, 2.75) is 61.9 Å². The van der Waals surface area contributed by atoms with Crippen LogP contribution in [0.2, 0.25) is 0 Å². The second kappa shape index (κ2) is 7.97. The van der Waals surface area contributed by atoms with E-state index in [1.165, 1.54) is 37.4 Å². The average molecular weight is 351 g/mol. The zero-order valence-corrected chi connectivity index (χ0v) is 14.9. The number of H-pyrrole nitrogens is 1. The second-order valence-electron chi connectivity index (χ2n) is 5.90. The second-order valence-corrected chi connectivity index (χ2v) is 8.16. The van der Waals surface area contributed by atoms with Crippen molar-refractivity contribution in [3.63, 3.8) is 0 Å². The summed E-state index contributed by atoms with van der Waals surface area (Å²) < 4.78 is 0. The van der Waals surface area contributed by atoms with E-state index in [1.54, 1.807) is 11.3 Å². The fourth-order valence-corrected chi connectivity index (χ4v) is 4.17. The zero-order chi connectivity index (χ0) is 16.1.